The lowest BCUT2D eigenvalue weighted by atomic mass is 9.46. The number of cyclic esters (lactones) is 1. The van der Waals surface area contributed by atoms with Crippen LogP contribution in [0.15, 0.2) is 11.6 Å². The summed E-state index contributed by atoms with van der Waals surface area (Å²) in [5.41, 5.74) is -2.16. The second-order valence-corrected chi connectivity index (χ2v) is 8.87. The molecule has 0 amide bonds. The summed E-state index contributed by atoms with van der Waals surface area (Å²) in [4.78, 5) is 25.0. The third-order valence-corrected chi connectivity index (χ3v) is 7.70. The van der Waals surface area contributed by atoms with E-state index < -0.39 is 65.0 Å². The molecule has 2 aliphatic carbocycles. The summed E-state index contributed by atoms with van der Waals surface area (Å²) < 4.78 is 23.0. The predicted octanol–water partition coefficient (Wildman–Crippen LogP) is -0.934. The van der Waals surface area contributed by atoms with Gasteiger partial charge in [-0.05, 0) is 19.4 Å². The molecule has 2 N–H and O–H groups in total. The molecule has 0 bridgehead atoms. The SMILES string of the molecule is C[C@H](O)[C@H]1OC(=O)C=C2[C@]3(C)[C@@H]4[C@H](OC(=O)[C@@]4(C)[C@@H](O)[C@H]4O[C@H]43)[C@H]3O[C@@]231. The molecule has 11 atom stereocenters. The number of hydrogen-bond donors (Lipinski definition) is 2. The first-order valence-corrected chi connectivity index (χ1v) is 9.02. The second kappa shape index (κ2) is 4.01. The van der Waals surface area contributed by atoms with Crippen LogP contribution in [-0.2, 0) is 28.5 Å². The molecular formula is C18H20O8. The number of carbonyl (C=O) groups excluding carboxylic acids is 2. The van der Waals surface area contributed by atoms with Gasteiger partial charge in [-0.2, -0.15) is 0 Å². The van der Waals surface area contributed by atoms with E-state index >= 15 is 0 Å². The maximum Gasteiger partial charge on any atom is 0.331 e. The van der Waals surface area contributed by atoms with Crippen molar-refractivity contribution in [3.63, 3.8) is 0 Å². The summed E-state index contributed by atoms with van der Waals surface area (Å²) in [6.45, 7) is 5.21. The van der Waals surface area contributed by atoms with Gasteiger partial charge in [-0.15, -0.1) is 0 Å². The summed E-state index contributed by atoms with van der Waals surface area (Å²) in [6.07, 6.45) is -3.24. The lowest BCUT2D eigenvalue weighted by molar-refractivity contribution is -0.158. The van der Waals surface area contributed by atoms with Gasteiger partial charge in [0.25, 0.3) is 0 Å². The first-order valence-electron chi connectivity index (χ1n) is 9.02. The number of rotatable bonds is 1. The molecule has 0 unspecified atom stereocenters. The van der Waals surface area contributed by atoms with Gasteiger partial charge in [-0.1, -0.05) is 6.92 Å². The standard InChI is InChI=1S/C18H20O8/c1-5(19)12-18-6(4-7(20)23-12)16(2)10-8(14(18)26-18)25-15(22)17(10,3)11(21)9-13(16)24-9/h4-5,8-14,19,21H,1-3H3/t5-,8-,9+,10-,11-,12+,13+,14+,16+,17+,18+/m0/s1. The molecule has 4 heterocycles. The highest BCUT2D eigenvalue weighted by Crippen LogP contribution is 2.75. The van der Waals surface area contributed by atoms with Crippen LogP contribution < -0.4 is 0 Å². The Balaban J connectivity index is 1.60. The molecule has 0 radical (unpaired) electrons. The van der Waals surface area contributed by atoms with Gasteiger partial charge < -0.3 is 29.2 Å². The monoisotopic (exact) mass is 364 g/mol. The molecule has 8 heteroatoms. The Morgan fingerprint density at radius 2 is 1.85 bits per heavy atom. The minimum absolute atomic E-state index is 0.332. The number of aliphatic hydroxyl groups is 2. The second-order valence-electron chi connectivity index (χ2n) is 8.87. The first kappa shape index (κ1) is 15.6. The summed E-state index contributed by atoms with van der Waals surface area (Å²) in [5.74, 6) is -1.39. The van der Waals surface area contributed by atoms with Crippen molar-refractivity contribution in [1.29, 1.82) is 0 Å². The van der Waals surface area contributed by atoms with Gasteiger partial charge in [0.05, 0.1) is 18.3 Å². The maximum atomic E-state index is 12.8. The van der Waals surface area contributed by atoms with Crippen LogP contribution in [0.2, 0.25) is 0 Å². The highest BCUT2D eigenvalue weighted by molar-refractivity contribution is 5.88. The number of ether oxygens (including phenoxy) is 4. The quantitative estimate of drug-likeness (QED) is 0.452. The van der Waals surface area contributed by atoms with Gasteiger partial charge in [-0.3, -0.25) is 4.79 Å². The van der Waals surface area contributed by atoms with Crippen LogP contribution in [0.4, 0.5) is 0 Å². The van der Waals surface area contributed by atoms with Crippen molar-refractivity contribution < 1.29 is 38.7 Å². The van der Waals surface area contributed by atoms with Crippen LogP contribution in [0.25, 0.3) is 0 Å². The maximum absolute atomic E-state index is 12.8. The molecule has 5 fully saturated rings. The van der Waals surface area contributed by atoms with Gasteiger partial charge in [0, 0.05) is 17.4 Å². The van der Waals surface area contributed by atoms with Crippen molar-refractivity contribution >= 4 is 11.9 Å². The molecule has 6 rings (SSSR count). The predicted molar refractivity (Wildman–Crippen MR) is 81.5 cm³/mol. The molecule has 0 aromatic rings. The van der Waals surface area contributed by atoms with Gasteiger partial charge in [-0.25, -0.2) is 4.79 Å². The van der Waals surface area contributed by atoms with E-state index in [0.717, 1.165) is 0 Å². The van der Waals surface area contributed by atoms with Crippen molar-refractivity contribution in [3.8, 4) is 0 Å². The Morgan fingerprint density at radius 3 is 2.54 bits per heavy atom. The van der Waals surface area contributed by atoms with Gasteiger partial charge in [0.2, 0.25) is 0 Å². The van der Waals surface area contributed by atoms with Gasteiger partial charge in [0.15, 0.2) is 11.7 Å². The highest BCUT2D eigenvalue weighted by Gasteiger charge is 2.89. The number of hydrogen-bond acceptors (Lipinski definition) is 8. The Kier molecular flexibility index (Phi) is 2.40. The van der Waals surface area contributed by atoms with Crippen LogP contribution >= 0.6 is 0 Å². The van der Waals surface area contributed by atoms with Crippen LogP contribution in [0.5, 0.6) is 0 Å². The zero-order valence-electron chi connectivity index (χ0n) is 14.5. The summed E-state index contributed by atoms with van der Waals surface area (Å²) in [6, 6.07) is 0. The molecule has 140 valence electrons. The number of epoxide rings is 2. The number of aliphatic hydroxyl groups excluding tert-OH is 2. The molecule has 8 nitrogen and oxygen atoms in total. The Labute approximate surface area is 149 Å². The van der Waals surface area contributed by atoms with Crippen molar-refractivity contribution in [1.82, 2.24) is 0 Å². The first-order chi connectivity index (χ1) is 12.2. The van der Waals surface area contributed by atoms with Gasteiger partial charge >= 0.3 is 11.9 Å². The molecule has 4 aliphatic heterocycles. The molecule has 0 aromatic carbocycles. The van der Waals surface area contributed by atoms with E-state index in [2.05, 4.69) is 0 Å². The van der Waals surface area contributed by atoms with Crippen LogP contribution in [-0.4, -0.2) is 70.5 Å². The van der Waals surface area contributed by atoms with Crippen molar-refractivity contribution in [2.24, 2.45) is 16.7 Å². The largest absolute Gasteiger partial charge is 0.459 e. The number of fused-ring (bicyclic) bond motifs is 4. The van der Waals surface area contributed by atoms with E-state index in [1.807, 2.05) is 6.92 Å². The van der Waals surface area contributed by atoms with Crippen LogP contribution in [0.1, 0.15) is 20.8 Å². The Morgan fingerprint density at radius 1 is 1.12 bits per heavy atom. The van der Waals surface area contributed by atoms with E-state index in [4.69, 9.17) is 18.9 Å². The van der Waals surface area contributed by atoms with Crippen LogP contribution in [0, 0.1) is 16.7 Å². The normalized spacial score (nSPS) is 61.9. The zero-order chi connectivity index (χ0) is 18.4. The topological polar surface area (TPSA) is 118 Å². The third kappa shape index (κ3) is 1.30. The smallest absolute Gasteiger partial charge is 0.331 e. The number of esters is 2. The molecule has 26 heavy (non-hydrogen) atoms. The van der Waals surface area contributed by atoms with Crippen LogP contribution in [0.3, 0.4) is 0 Å². The average Bonchev–Trinajstić information content (AvgIpc) is 3.46. The van der Waals surface area contributed by atoms with E-state index in [0.29, 0.717) is 5.57 Å². The fraction of sp³-hybridized carbons (Fsp3) is 0.778. The molecule has 2 saturated carbocycles. The van der Waals surface area contributed by atoms with Crippen molar-refractivity contribution in [2.75, 3.05) is 0 Å². The molecule has 1 spiro atoms. The Bertz CT molecular complexity index is 805. The van der Waals surface area contributed by atoms with Crippen molar-refractivity contribution in [3.05, 3.63) is 11.6 Å². The molecule has 3 saturated heterocycles. The Hall–Kier alpha value is -1.48. The van der Waals surface area contributed by atoms with E-state index in [9.17, 15) is 19.8 Å². The van der Waals surface area contributed by atoms with E-state index in [-0.39, 0.29) is 12.0 Å². The van der Waals surface area contributed by atoms with Crippen molar-refractivity contribution in [2.45, 2.75) is 69.1 Å². The minimum atomic E-state index is -1.13. The van der Waals surface area contributed by atoms with E-state index in [1.54, 1.807) is 13.8 Å². The molecule has 6 aliphatic rings. The summed E-state index contributed by atoms with van der Waals surface area (Å²) in [7, 11) is 0. The van der Waals surface area contributed by atoms with E-state index in [1.165, 1.54) is 6.08 Å². The zero-order valence-corrected chi connectivity index (χ0v) is 14.5. The fourth-order valence-electron chi connectivity index (χ4n) is 6.57. The minimum Gasteiger partial charge on any atom is -0.459 e. The summed E-state index contributed by atoms with van der Waals surface area (Å²) in [5, 5.41) is 21.0. The molecular weight excluding hydrogens is 344 g/mol. The fourth-order valence-corrected chi connectivity index (χ4v) is 6.57. The molecule has 0 aromatic heterocycles. The average molecular weight is 364 g/mol. The lowest BCUT2D eigenvalue weighted by Crippen LogP contribution is -2.66. The van der Waals surface area contributed by atoms with Gasteiger partial charge in [0.1, 0.15) is 23.7 Å². The third-order valence-electron chi connectivity index (χ3n) is 7.70. The summed E-state index contributed by atoms with van der Waals surface area (Å²) >= 11 is 0. The lowest BCUT2D eigenvalue weighted by Gasteiger charge is -2.53. The number of carbonyl (C=O) groups is 2. The highest BCUT2D eigenvalue weighted by atomic mass is 16.7.